The smallest absolute Gasteiger partial charge is 0.244 e. The normalized spacial score (nSPS) is 20.7. The first-order chi connectivity index (χ1) is 18.3. The highest BCUT2D eigenvalue weighted by molar-refractivity contribution is 7.89. The maximum atomic E-state index is 13.8. The number of ether oxygens (including phenoxy) is 3. The summed E-state index contributed by atoms with van der Waals surface area (Å²) in [7, 11) is 1.26. The Bertz CT molecular complexity index is 1170. The molecule has 2 aromatic rings. The van der Waals surface area contributed by atoms with Crippen molar-refractivity contribution in [1.82, 2.24) is 14.5 Å². The van der Waals surface area contributed by atoms with Crippen LogP contribution in [0.3, 0.4) is 0 Å². The van der Waals surface area contributed by atoms with Gasteiger partial charge in [0, 0.05) is 19.1 Å². The van der Waals surface area contributed by atoms with E-state index in [2.05, 4.69) is 17.3 Å². The van der Waals surface area contributed by atoms with E-state index in [1.807, 2.05) is 0 Å². The van der Waals surface area contributed by atoms with Gasteiger partial charge in [0.05, 0.1) is 25.7 Å². The number of nitrogens with zero attached hydrogens (tertiary/aromatic N) is 2. The molecule has 0 spiro atoms. The van der Waals surface area contributed by atoms with Crippen LogP contribution in [0.25, 0.3) is 0 Å². The van der Waals surface area contributed by atoms with Gasteiger partial charge in [-0.1, -0.05) is 18.2 Å². The Morgan fingerprint density at radius 3 is 2.37 bits per heavy atom. The zero-order valence-corrected chi connectivity index (χ0v) is 23.3. The molecule has 2 aliphatic rings. The van der Waals surface area contributed by atoms with Crippen LogP contribution in [0, 0.1) is 0 Å². The predicted octanol–water partition coefficient (Wildman–Crippen LogP) is 3.43. The molecule has 0 aliphatic carbocycles. The van der Waals surface area contributed by atoms with Crippen molar-refractivity contribution in [2.45, 2.75) is 62.0 Å². The van der Waals surface area contributed by atoms with E-state index in [-0.39, 0.29) is 17.3 Å². The van der Waals surface area contributed by atoms with Gasteiger partial charge in [-0.2, -0.15) is 4.31 Å². The van der Waals surface area contributed by atoms with Gasteiger partial charge in [-0.3, -0.25) is 4.79 Å². The molecule has 4 rings (SSSR count). The Hall–Kier alpha value is -2.82. The number of likely N-dealkylation sites (tertiary alicyclic amines) is 1. The van der Waals surface area contributed by atoms with Crippen LogP contribution in [0.5, 0.6) is 17.2 Å². The van der Waals surface area contributed by atoms with Crippen molar-refractivity contribution in [3.8, 4) is 17.2 Å². The molecule has 0 saturated carbocycles. The zero-order chi connectivity index (χ0) is 27.1. The summed E-state index contributed by atoms with van der Waals surface area (Å²) in [6, 6.07) is 11.4. The lowest BCUT2D eigenvalue weighted by Gasteiger charge is -2.29. The third-order valence-electron chi connectivity index (χ3n) is 7.43. The highest BCUT2D eigenvalue weighted by atomic mass is 32.2. The number of hydrogen-bond acceptors (Lipinski definition) is 7. The molecule has 2 aliphatic heterocycles. The van der Waals surface area contributed by atoms with Gasteiger partial charge in [0.1, 0.15) is 6.04 Å². The SMILES string of the molecule is COc1cc(CN([C@H]2CCCCNC2=O)S(=O)(=O)c2ccccc2)cc(OC)c1OCCC1CCCN1C. The highest BCUT2D eigenvalue weighted by Gasteiger charge is 2.37. The second-order valence-corrected chi connectivity index (χ2v) is 11.8. The van der Waals surface area contributed by atoms with E-state index < -0.39 is 16.1 Å². The number of sulfonamides is 1. The van der Waals surface area contributed by atoms with Crippen LogP contribution in [-0.4, -0.2) is 76.6 Å². The number of rotatable bonds is 11. The Morgan fingerprint density at radius 1 is 1.03 bits per heavy atom. The Morgan fingerprint density at radius 2 is 1.74 bits per heavy atom. The van der Waals surface area contributed by atoms with Gasteiger partial charge in [0.15, 0.2) is 11.5 Å². The van der Waals surface area contributed by atoms with E-state index in [1.54, 1.807) is 56.7 Å². The van der Waals surface area contributed by atoms with Gasteiger partial charge in [-0.05, 0) is 81.9 Å². The van der Waals surface area contributed by atoms with Gasteiger partial charge in [0.2, 0.25) is 21.7 Å². The third kappa shape index (κ3) is 6.42. The number of benzene rings is 2. The maximum absolute atomic E-state index is 13.8. The van der Waals surface area contributed by atoms with Crippen molar-refractivity contribution in [3.63, 3.8) is 0 Å². The Labute approximate surface area is 226 Å². The summed E-state index contributed by atoms with van der Waals surface area (Å²) >= 11 is 0. The van der Waals surface area contributed by atoms with Gasteiger partial charge >= 0.3 is 0 Å². The molecule has 2 fully saturated rings. The number of carbonyl (C=O) groups excluding carboxylic acids is 1. The first-order valence-electron chi connectivity index (χ1n) is 13.3. The van der Waals surface area contributed by atoms with E-state index in [0.29, 0.717) is 48.4 Å². The molecule has 10 heteroatoms. The molecule has 0 radical (unpaired) electrons. The lowest BCUT2D eigenvalue weighted by atomic mass is 10.1. The quantitative estimate of drug-likeness (QED) is 0.462. The molecule has 2 saturated heterocycles. The molecule has 1 amide bonds. The second kappa shape index (κ2) is 12.8. The molecule has 0 aromatic heterocycles. The molecule has 0 bridgehead atoms. The van der Waals surface area contributed by atoms with Crippen molar-refractivity contribution >= 4 is 15.9 Å². The molecule has 9 nitrogen and oxygen atoms in total. The van der Waals surface area contributed by atoms with Crippen LogP contribution in [0.15, 0.2) is 47.4 Å². The summed E-state index contributed by atoms with van der Waals surface area (Å²) < 4.78 is 46.4. The van der Waals surface area contributed by atoms with Crippen molar-refractivity contribution in [1.29, 1.82) is 0 Å². The molecule has 38 heavy (non-hydrogen) atoms. The summed E-state index contributed by atoms with van der Waals surface area (Å²) in [5.41, 5.74) is 0.637. The van der Waals surface area contributed by atoms with Crippen molar-refractivity contribution in [3.05, 3.63) is 48.0 Å². The van der Waals surface area contributed by atoms with Crippen molar-refractivity contribution < 1.29 is 27.4 Å². The number of hydrogen-bond donors (Lipinski definition) is 1. The minimum atomic E-state index is -3.97. The molecule has 2 heterocycles. The average molecular weight is 546 g/mol. The second-order valence-electron chi connectivity index (χ2n) is 9.91. The number of nitrogens with one attached hydrogen (secondary N) is 1. The summed E-state index contributed by atoms with van der Waals surface area (Å²) in [6.45, 7) is 2.14. The minimum absolute atomic E-state index is 0.0187. The molecule has 1 unspecified atom stereocenters. The van der Waals surface area contributed by atoms with Crippen LogP contribution < -0.4 is 19.5 Å². The monoisotopic (exact) mass is 545 g/mol. The van der Waals surface area contributed by atoms with Gasteiger partial charge in [0.25, 0.3) is 0 Å². The average Bonchev–Trinajstić information content (AvgIpc) is 3.22. The largest absolute Gasteiger partial charge is 0.493 e. The van der Waals surface area contributed by atoms with Crippen LogP contribution >= 0.6 is 0 Å². The van der Waals surface area contributed by atoms with Crippen LogP contribution in [0.2, 0.25) is 0 Å². The number of methoxy groups -OCH3 is 2. The van der Waals surface area contributed by atoms with Crippen molar-refractivity contribution in [2.24, 2.45) is 0 Å². The number of amides is 1. The van der Waals surface area contributed by atoms with Crippen LogP contribution in [-0.2, 0) is 21.4 Å². The zero-order valence-electron chi connectivity index (χ0n) is 22.5. The summed E-state index contributed by atoms with van der Waals surface area (Å²) in [5.74, 6) is 1.13. The first kappa shape index (κ1) is 28.2. The molecular formula is C28H39N3O6S. The Kier molecular flexibility index (Phi) is 9.51. The lowest BCUT2D eigenvalue weighted by molar-refractivity contribution is -0.124. The fraction of sp³-hybridized carbons (Fsp3) is 0.536. The third-order valence-corrected chi connectivity index (χ3v) is 9.30. The van der Waals surface area contributed by atoms with Crippen LogP contribution in [0.4, 0.5) is 0 Å². The molecule has 1 N–H and O–H groups in total. The van der Waals surface area contributed by atoms with Gasteiger partial charge in [-0.15, -0.1) is 0 Å². The molecule has 2 atom stereocenters. The lowest BCUT2D eigenvalue weighted by Crippen LogP contribution is -2.48. The highest BCUT2D eigenvalue weighted by Crippen LogP contribution is 2.40. The molecule has 208 valence electrons. The minimum Gasteiger partial charge on any atom is -0.493 e. The van der Waals surface area contributed by atoms with Gasteiger partial charge in [-0.25, -0.2) is 8.42 Å². The van der Waals surface area contributed by atoms with Gasteiger partial charge < -0.3 is 24.4 Å². The number of carbonyl (C=O) groups is 1. The van der Waals surface area contributed by atoms with E-state index >= 15 is 0 Å². The first-order valence-corrected chi connectivity index (χ1v) is 14.7. The maximum Gasteiger partial charge on any atom is 0.244 e. The summed E-state index contributed by atoms with van der Waals surface area (Å²) in [6.07, 6.45) is 5.26. The molecule has 2 aromatic carbocycles. The van der Waals surface area contributed by atoms with E-state index in [0.717, 1.165) is 32.2 Å². The fourth-order valence-corrected chi connectivity index (χ4v) is 6.90. The molecular weight excluding hydrogens is 506 g/mol. The van der Waals surface area contributed by atoms with E-state index in [4.69, 9.17) is 14.2 Å². The van der Waals surface area contributed by atoms with E-state index in [9.17, 15) is 13.2 Å². The fourth-order valence-electron chi connectivity index (χ4n) is 5.28. The summed E-state index contributed by atoms with van der Waals surface area (Å²) in [4.78, 5) is 15.5. The topological polar surface area (TPSA) is 97.4 Å². The van der Waals surface area contributed by atoms with E-state index in [1.165, 1.54) is 10.7 Å². The predicted molar refractivity (Wildman–Crippen MR) is 145 cm³/mol. The summed E-state index contributed by atoms with van der Waals surface area (Å²) in [5, 5.41) is 2.87. The van der Waals surface area contributed by atoms with Crippen LogP contribution in [0.1, 0.15) is 44.1 Å². The standard InChI is InChI=1S/C28H39N3O6S/c1-30-16-9-10-22(30)14-17-37-27-25(35-2)18-21(19-26(27)36-3)20-31(24-13-7-8-15-29-28(24)32)38(33,34)23-11-5-4-6-12-23/h4-6,11-12,18-19,22,24H,7-10,13-17,20H2,1-3H3,(H,29,32)/t22?,24-/m0/s1. The Balaban J connectivity index is 1.63. The van der Waals surface area contributed by atoms with Crippen molar-refractivity contribution in [2.75, 3.05) is 41.0 Å².